The van der Waals surface area contributed by atoms with Crippen molar-refractivity contribution < 1.29 is 0 Å². The van der Waals surface area contributed by atoms with Crippen LogP contribution in [0.15, 0.2) is 24.3 Å². The average Bonchev–Trinajstić information content (AvgIpc) is 3.18. The first-order chi connectivity index (χ1) is 13.2. The maximum absolute atomic E-state index is 6.44. The monoisotopic (exact) mass is 368 g/mol. The van der Waals surface area contributed by atoms with Crippen molar-refractivity contribution in [3.63, 3.8) is 0 Å². The first-order valence-electron chi connectivity index (χ1n) is 10.6. The van der Waals surface area contributed by atoms with E-state index in [2.05, 4.69) is 56.7 Å². The third kappa shape index (κ3) is 4.22. The van der Waals surface area contributed by atoms with Gasteiger partial charge in [0, 0.05) is 12.1 Å². The summed E-state index contributed by atoms with van der Waals surface area (Å²) < 4.78 is 2.09. The molecule has 2 aromatic rings. The Bertz CT molecular complexity index is 719. The number of nitrogens with two attached hydrogens (primary N) is 1. The van der Waals surface area contributed by atoms with Crippen molar-refractivity contribution in [2.75, 3.05) is 0 Å². The molecule has 2 aliphatic rings. The van der Waals surface area contributed by atoms with E-state index in [0.29, 0.717) is 12.1 Å². The summed E-state index contributed by atoms with van der Waals surface area (Å²) in [6, 6.07) is 9.63. The standard InChI is InChI=1S/C21H32N6/c1-15-11-13-16(14-12-15)20(23-19-10-6-5-9-18(19)22)21-24-25-26-27(21)17-7-3-2-4-8-17/h11-14,17-20,23H,2-10,22H2,1H3. The average molecular weight is 369 g/mol. The van der Waals surface area contributed by atoms with Gasteiger partial charge in [-0.1, -0.05) is 61.9 Å². The van der Waals surface area contributed by atoms with Crippen molar-refractivity contribution in [3.05, 3.63) is 41.2 Å². The predicted octanol–water partition coefficient (Wildman–Crippen LogP) is 3.44. The molecule has 0 radical (unpaired) electrons. The van der Waals surface area contributed by atoms with E-state index in [9.17, 15) is 0 Å². The van der Waals surface area contributed by atoms with Crippen LogP contribution in [0, 0.1) is 6.92 Å². The first-order valence-corrected chi connectivity index (χ1v) is 10.6. The highest BCUT2D eigenvalue weighted by atomic mass is 15.6. The predicted molar refractivity (Wildman–Crippen MR) is 106 cm³/mol. The topological polar surface area (TPSA) is 81.7 Å². The van der Waals surface area contributed by atoms with E-state index in [1.165, 1.54) is 56.1 Å². The molecular weight excluding hydrogens is 336 g/mol. The molecule has 2 fully saturated rings. The van der Waals surface area contributed by atoms with Gasteiger partial charge >= 0.3 is 0 Å². The highest BCUT2D eigenvalue weighted by molar-refractivity contribution is 5.28. The van der Waals surface area contributed by atoms with Crippen LogP contribution in [0.5, 0.6) is 0 Å². The number of benzene rings is 1. The first kappa shape index (κ1) is 18.6. The molecule has 0 saturated heterocycles. The summed E-state index contributed by atoms with van der Waals surface area (Å²) in [5, 5.41) is 16.8. The molecule has 6 heteroatoms. The molecule has 146 valence electrons. The SMILES string of the molecule is Cc1ccc(C(NC2CCCCC2N)c2nnnn2C2CCCCC2)cc1. The van der Waals surface area contributed by atoms with E-state index < -0.39 is 0 Å². The number of tetrazole rings is 1. The van der Waals surface area contributed by atoms with Crippen molar-refractivity contribution in [3.8, 4) is 0 Å². The van der Waals surface area contributed by atoms with Gasteiger partial charge in [0.15, 0.2) is 5.82 Å². The zero-order chi connectivity index (χ0) is 18.6. The minimum absolute atomic E-state index is 0.0170. The Morgan fingerprint density at radius 2 is 1.70 bits per heavy atom. The van der Waals surface area contributed by atoms with Crippen LogP contribution in [0.2, 0.25) is 0 Å². The molecule has 4 rings (SSSR count). The zero-order valence-electron chi connectivity index (χ0n) is 16.3. The fraction of sp³-hybridized carbons (Fsp3) is 0.667. The lowest BCUT2D eigenvalue weighted by atomic mass is 9.89. The van der Waals surface area contributed by atoms with E-state index in [-0.39, 0.29) is 12.1 Å². The number of nitrogens with one attached hydrogen (secondary N) is 1. The van der Waals surface area contributed by atoms with Crippen LogP contribution in [0.1, 0.15) is 86.8 Å². The Balaban J connectivity index is 1.65. The fourth-order valence-corrected chi connectivity index (χ4v) is 4.64. The Hall–Kier alpha value is -1.79. The quantitative estimate of drug-likeness (QED) is 0.845. The summed E-state index contributed by atoms with van der Waals surface area (Å²) in [5.74, 6) is 0.934. The van der Waals surface area contributed by atoms with Gasteiger partial charge < -0.3 is 5.73 Å². The summed E-state index contributed by atoms with van der Waals surface area (Å²) in [6.07, 6.45) is 10.9. The number of hydrogen-bond donors (Lipinski definition) is 2. The van der Waals surface area contributed by atoms with Crippen LogP contribution in [-0.4, -0.2) is 32.3 Å². The van der Waals surface area contributed by atoms with Crippen molar-refractivity contribution in [2.45, 2.75) is 88.9 Å². The molecule has 2 saturated carbocycles. The maximum Gasteiger partial charge on any atom is 0.173 e. The number of aromatic nitrogens is 4. The van der Waals surface area contributed by atoms with Crippen molar-refractivity contribution in [2.24, 2.45) is 5.73 Å². The lowest BCUT2D eigenvalue weighted by Crippen LogP contribution is -2.49. The van der Waals surface area contributed by atoms with Gasteiger partial charge in [0.1, 0.15) is 0 Å². The molecule has 27 heavy (non-hydrogen) atoms. The smallest absolute Gasteiger partial charge is 0.173 e. The van der Waals surface area contributed by atoms with Crippen LogP contribution in [0.4, 0.5) is 0 Å². The summed E-state index contributed by atoms with van der Waals surface area (Å²) in [4.78, 5) is 0. The van der Waals surface area contributed by atoms with Crippen molar-refractivity contribution in [1.29, 1.82) is 0 Å². The van der Waals surface area contributed by atoms with Gasteiger partial charge in [0.05, 0.1) is 12.1 Å². The van der Waals surface area contributed by atoms with E-state index in [1.807, 2.05) is 0 Å². The van der Waals surface area contributed by atoms with Gasteiger partial charge in [-0.05, 0) is 48.6 Å². The highest BCUT2D eigenvalue weighted by Crippen LogP contribution is 2.31. The molecule has 0 aliphatic heterocycles. The second-order valence-corrected chi connectivity index (χ2v) is 8.34. The molecule has 3 N–H and O–H groups in total. The van der Waals surface area contributed by atoms with E-state index >= 15 is 0 Å². The Morgan fingerprint density at radius 1 is 1.00 bits per heavy atom. The number of rotatable bonds is 5. The van der Waals surface area contributed by atoms with Crippen LogP contribution in [0.3, 0.4) is 0 Å². The van der Waals surface area contributed by atoms with Gasteiger partial charge in [-0.25, -0.2) is 4.68 Å². The fourth-order valence-electron chi connectivity index (χ4n) is 4.64. The minimum Gasteiger partial charge on any atom is -0.326 e. The molecule has 1 heterocycles. The van der Waals surface area contributed by atoms with E-state index in [1.54, 1.807) is 0 Å². The van der Waals surface area contributed by atoms with Gasteiger partial charge in [0.25, 0.3) is 0 Å². The maximum atomic E-state index is 6.44. The lowest BCUT2D eigenvalue weighted by molar-refractivity contribution is 0.286. The Morgan fingerprint density at radius 3 is 2.44 bits per heavy atom. The second-order valence-electron chi connectivity index (χ2n) is 8.34. The number of hydrogen-bond acceptors (Lipinski definition) is 5. The van der Waals surface area contributed by atoms with Gasteiger partial charge in [0.2, 0.25) is 0 Å². The van der Waals surface area contributed by atoms with Gasteiger partial charge in [-0.2, -0.15) is 0 Å². The van der Waals surface area contributed by atoms with Crippen LogP contribution in [0.25, 0.3) is 0 Å². The molecule has 0 amide bonds. The summed E-state index contributed by atoms with van der Waals surface area (Å²) in [6.45, 7) is 2.12. The molecule has 3 atom stereocenters. The normalized spacial score (nSPS) is 25.4. The number of nitrogens with zero attached hydrogens (tertiary/aromatic N) is 4. The zero-order valence-corrected chi connectivity index (χ0v) is 16.3. The summed E-state index contributed by atoms with van der Waals surface area (Å²) >= 11 is 0. The van der Waals surface area contributed by atoms with Crippen LogP contribution < -0.4 is 11.1 Å². The van der Waals surface area contributed by atoms with E-state index in [0.717, 1.165) is 18.7 Å². The van der Waals surface area contributed by atoms with Crippen LogP contribution >= 0.6 is 0 Å². The lowest BCUT2D eigenvalue weighted by Gasteiger charge is -2.33. The van der Waals surface area contributed by atoms with Gasteiger partial charge in [-0.15, -0.1) is 5.10 Å². The summed E-state index contributed by atoms with van der Waals surface area (Å²) in [7, 11) is 0. The van der Waals surface area contributed by atoms with E-state index in [4.69, 9.17) is 5.73 Å². The minimum atomic E-state index is -0.0170. The third-order valence-electron chi connectivity index (χ3n) is 6.31. The second kappa shape index (κ2) is 8.48. The Kier molecular flexibility index (Phi) is 5.83. The molecule has 0 bridgehead atoms. The van der Waals surface area contributed by atoms with Crippen LogP contribution in [-0.2, 0) is 0 Å². The van der Waals surface area contributed by atoms with Crippen molar-refractivity contribution in [1.82, 2.24) is 25.5 Å². The highest BCUT2D eigenvalue weighted by Gasteiger charge is 2.30. The third-order valence-corrected chi connectivity index (χ3v) is 6.31. The molecule has 2 aliphatic carbocycles. The number of aryl methyl sites for hydroxylation is 1. The molecule has 6 nitrogen and oxygen atoms in total. The largest absolute Gasteiger partial charge is 0.326 e. The summed E-state index contributed by atoms with van der Waals surface area (Å²) in [5.41, 5.74) is 8.92. The van der Waals surface area contributed by atoms with Crippen molar-refractivity contribution >= 4 is 0 Å². The molecule has 0 spiro atoms. The van der Waals surface area contributed by atoms with Gasteiger partial charge in [-0.3, -0.25) is 5.32 Å². The molecular formula is C21H32N6. The molecule has 3 unspecified atom stereocenters. The molecule has 1 aromatic heterocycles. The molecule has 1 aromatic carbocycles. The Labute approximate surface area is 161 Å².